The molecule has 0 aliphatic carbocycles. The van der Waals surface area contributed by atoms with E-state index in [-0.39, 0.29) is 16.5 Å². The number of nitro groups is 1. The van der Waals surface area contributed by atoms with E-state index >= 15 is 0 Å². The molecule has 1 heterocycles. The molecular formula is C11H6ClFN4O3. The van der Waals surface area contributed by atoms with Gasteiger partial charge in [0.05, 0.1) is 11.0 Å². The molecule has 7 nitrogen and oxygen atoms in total. The molecule has 0 spiro atoms. The minimum absolute atomic E-state index is 0.0759. The van der Waals surface area contributed by atoms with Crippen molar-refractivity contribution in [3.8, 4) is 0 Å². The number of halogens is 2. The molecule has 1 amide bonds. The number of hydrogen-bond acceptors (Lipinski definition) is 5. The smallest absolute Gasteiger partial charge is 0.295 e. The van der Waals surface area contributed by atoms with Crippen molar-refractivity contribution in [3.05, 3.63) is 57.1 Å². The summed E-state index contributed by atoms with van der Waals surface area (Å²) in [6, 6.07) is 5.45. The molecule has 0 unspecified atom stereocenters. The third-order valence-electron chi connectivity index (χ3n) is 2.27. The molecule has 0 bridgehead atoms. The average Bonchev–Trinajstić information content (AvgIpc) is 2.41. The summed E-state index contributed by atoms with van der Waals surface area (Å²) < 4.78 is 13.0. The minimum atomic E-state index is -0.799. The zero-order valence-electron chi connectivity index (χ0n) is 9.71. The average molecular weight is 297 g/mol. The second-order valence-corrected chi connectivity index (χ2v) is 4.00. The number of hydrogen-bond donors (Lipinski definition) is 1. The van der Waals surface area contributed by atoms with E-state index in [2.05, 4.69) is 15.5 Å². The Labute approximate surface area is 116 Å². The number of carbonyl (C=O) groups is 1. The van der Waals surface area contributed by atoms with E-state index in [0.29, 0.717) is 6.07 Å². The van der Waals surface area contributed by atoms with Crippen LogP contribution in [0, 0.1) is 15.9 Å². The monoisotopic (exact) mass is 296 g/mol. The van der Waals surface area contributed by atoms with Gasteiger partial charge in [0.1, 0.15) is 11.5 Å². The first-order valence-corrected chi connectivity index (χ1v) is 5.59. The van der Waals surface area contributed by atoms with Gasteiger partial charge in [-0.2, -0.15) is 0 Å². The fraction of sp³-hybridized carbons (Fsp3) is 0. The quantitative estimate of drug-likeness (QED) is 0.693. The highest BCUT2D eigenvalue weighted by atomic mass is 35.5. The SMILES string of the molecule is O=C(Nc1ccc(F)cc1[N+](=O)[O-])c1ccc(Cl)nn1. The van der Waals surface area contributed by atoms with Gasteiger partial charge in [-0.25, -0.2) is 4.39 Å². The van der Waals surface area contributed by atoms with Gasteiger partial charge in [0.15, 0.2) is 10.8 Å². The molecule has 9 heteroatoms. The highest BCUT2D eigenvalue weighted by molar-refractivity contribution is 6.29. The lowest BCUT2D eigenvalue weighted by Crippen LogP contribution is -2.15. The van der Waals surface area contributed by atoms with Crippen LogP contribution in [0.15, 0.2) is 30.3 Å². The van der Waals surface area contributed by atoms with Crippen LogP contribution in [0.4, 0.5) is 15.8 Å². The second kappa shape index (κ2) is 5.57. The fourth-order valence-corrected chi connectivity index (χ4v) is 1.49. The van der Waals surface area contributed by atoms with Gasteiger partial charge >= 0.3 is 0 Å². The number of rotatable bonds is 3. The lowest BCUT2D eigenvalue weighted by atomic mass is 10.2. The number of nitrogens with one attached hydrogen (secondary N) is 1. The molecule has 0 saturated heterocycles. The molecule has 0 atom stereocenters. The molecular weight excluding hydrogens is 291 g/mol. The molecule has 0 fully saturated rings. The normalized spacial score (nSPS) is 10.1. The highest BCUT2D eigenvalue weighted by Gasteiger charge is 2.18. The van der Waals surface area contributed by atoms with E-state index in [0.717, 1.165) is 12.1 Å². The van der Waals surface area contributed by atoms with Gasteiger partial charge in [0.25, 0.3) is 11.6 Å². The van der Waals surface area contributed by atoms with Crippen molar-refractivity contribution in [1.29, 1.82) is 0 Å². The Morgan fingerprint density at radius 1 is 1.30 bits per heavy atom. The van der Waals surface area contributed by atoms with E-state index in [9.17, 15) is 19.3 Å². The maximum Gasteiger partial charge on any atom is 0.295 e. The third-order valence-corrected chi connectivity index (χ3v) is 2.47. The van der Waals surface area contributed by atoms with Gasteiger partial charge < -0.3 is 5.32 Å². The van der Waals surface area contributed by atoms with Crippen LogP contribution in [0.1, 0.15) is 10.5 Å². The summed E-state index contributed by atoms with van der Waals surface area (Å²) >= 11 is 5.52. The molecule has 1 aromatic heterocycles. The Hall–Kier alpha value is -2.61. The maximum absolute atomic E-state index is 13.0. The summed E-state index contributed by atoms with van der Waals surface area (Å²) in [4.78, 5) is 21.8. The van der Waals surface area contributed by atoms with Crippen LogP contribution in [0.3, 0.4) is 0 Å². The summed E-state index contributed by atoms with van der Waals surface area (Å²) in [5.41, 5.74) is -0.772. The second-order valence-electron chi connectivity index (χ2n) is 3.61. The Morgan fingerprint density at radius 2 is 2.05 bits per heavy atom. The molecule has 0 radical (unpaired) electrons. The van der Waals surface area contributed by atoms with E-state index in [1.807, 2.05) is 0 Å². The molecule has 0 aliphatic rings. The Kier molecular flexibility index (Phi) is 3.85. The van der Waals surface area contributed by atoms with Crippen molar-refractivity contribution in [2.45, 2.75) is 0 Å². The topological polar surface area (TPSA) is 98.0 Å². The molecule has 2 aromatic rings. The molecule has 102 valence electrons. The van der Waals surface area contributed by atoms with Crippen molar-refractivity contribution in [2.75, 3.05) is 5.32 Å². The van der Waals surface area contributed by atoms with Gasteiger partial charge in [-0.15, -0.1) is 10.2 Å². The largest absolute Gasteiger partial charge is 0.315 e. The predicted molar refractivity (Wildman–Crippen MR) is 68.0 cm³/mol. The first-order chi connectivity index (χ1) is 9.47. The lowest BCUT2D eigenvalue weighted by Gasteiger charge is -2.05. The Balaban J connectivity index is 2.28. The number of carbonyl (C=O) groups excluding carboxylic acids is 1. The number of aromatic nitrogens is 2. The summed E-state index contributed by atoms with van der Waals surface area (Å²) in [6.07, 6.45) is 0. The van der Waals surface area contributed by atoms with Gasteiger partial charge in [-0.05, 0) is 24.3 Å². The van der Waals surface area contributed by atoms with Crippen LogP contribution in [0.5, 0.6) is 0 Å². The predicted octanol–water partition coefficient (Wildman–Crippen LogP) is 2.43. The number of benzene rings is 1. The maximum atomic E-state index is 13.0. The molecule has 1 N–H and O–H groups in total. The van der Waals surface area contributed by atoms with Crippen LogP contribution in [0.2, 0.25) is 5.15 Å². The van der Waals surface area contributed by atoms with Gasteiger partial charge in [0.2, 0.25) is 0 Å². The summed E-state index contributed by atoms with van der Waals surface area (Å²) in [7, 11) is 0. The van der Waals surface area contributed by atoms with Crippen molar-refractivity contribution in [3.63, 3.8) is 0 Å². The summed E-state index contributed by atoms with van der Waals surface area (Å²) in [6.45, 7) is 0. The zero-order valence-corrected chi connectivity index (χ0v) is 10.5. The van der Waals surface area contributed by atoms with Crippen LogP contribution in [-0.2, 0) is 0 Å². The van der Waals surface area contributed by atoms with Crippen molar-refractivity contribution in [2.24, 2.45) is 0 Å². The summed E-state index contributed by atoms with van der Waals surface area (Å²) in [5, 5.41) is 20.1. The lowest BCUT2D eigenvalue weighted by molar-refractivity contribution is -0.384. The van der Waals surface area contributed by atoms with Crippen molar-refractivity contribution < 1.29 is 14.1 Å². The van der Waals surface area contributed by atoms with Crippen LogP contribution < -0.4 is 5.32 Å². The van der Waals surface area contributed by atoms with Crippen molar-refractivity contribution >= 4 is 28.9 Å². The molecule has 20 heavy (non-hydrogen) atoms. The minimum Gasteiger partial charge on any atom is -0.315 e. The number of anilines is 1. The molecule has 1 aromatic carbocycles. The summed E-state index contributed by atoms with van der Waals surface area (Å²) in [5.74, 6) is -1.50. The van der Waals surface area contributed by atoms with Crippen molar-refractivity contribution in [1.82, 2.24) is 10.2 Å². The first-order valence-electron chi connectivity index (χ1n) is 5.22. The van der Waals surface area contributed by atoms with Crippen LogP contribution >= 0.6 is 11.6 Å². The number of amides is 1. The highest BCUT2D eigenvalue weighted by Crippen LogP contribution is 2.25. The van der Waals surface area contributed by atoms with Crippen LogP contribution in [-0.4, -0.2) is 21.0 Å². The van der Waals surface area contributed by atoms with E-state index in [1.54, 1.807) is 0 Å². The van der Waals surface area contributed by atoms with E-state index < -0.39 is 22.3 Å². The number of nitrogens with zero attached hydrogens (tertiary/aromatic N) is 3. The molecule has 0 aliphatic heterocycles. The van der Waals surface area contributed by atoms with E-state index in [4.69, 9.17) is 11.6 Å². The fourth-order valence-electron chi connectivity index (χ4n) is 1.38. The van der Waals surface area contributed by atoms with Gasteiger partial charge in [-0.1, -0.05) is 11.6 Å². The first kappa shape index (κ1) is 13.8. The Bertz CT molecular complexity index is 678. The standard InChI is InChI=1S/C11H6ClFN4O3/c12-10-4-3-8(15-16-10)11(18)14-7-2-1-6(13)5-9(7)17(19)20/h1-5H,(H,14,18). The Morgan fingerprint density at radius 3 is 2.65 bits per heavy atom. The zero-order chi connectivity index (χ0) is 14.7. The molecule has 2 rings (SSSR count). The van der Waals surface area contributed by atoms with E-state index in [1.165, 1.54) is 12.1 Å². The van der Waals surface area contributed by atoms with Gasteiger partial charge in [-0.3, -0.25) is 14.9 Å². The third kappa shape index (κ3) is 3.04. The van der Waals surface area contributed by atoms with Gasteiger partial charge in [0, 0.05) is 0 Å². The van der Waals surface area contributed by atoms with Crippen LogP contribution in [0.25, 0.3) is 0 Å². The molecule has 0 saturated carbocycles. The number of nitro benzene ring substituents is 1.